The number of benzene rings is 1. The van der Waals surface area contributed by atoms with Crippen LogP contribution in [0.25, 0.3) is 21.8 Å². The van der Waals surface area contributed by atoms with Crippen molar-refractivity contribution in [1.29, 1.82) is 0 Å². The summed E-state index contributed by atoms with van der Waals surface area (Å²) in [4.78, 5) is 17.8. The number of ether oxygens (including phenoxy) is 1. The van der Waals surface area contributed by atoms with Crippen LogP contribution in [0.2, 0.25) is 0 Å². The van der Waals surface area contributed by atoms with E-state index >= 15 is 0 Å². The number of aliphatic hydroxyl groups excluding tert-OH is 1. The number of nitrogens with one attached hydrogen (secondary N) is 1. The van der Waals surface area contributed by atoms with E-state index in [1.54, 1.807) is 24.8 Å². The highest BCUT2D eigenvalue weighted by molar-refractivity contribution is 5.93. The minimum absolute atomic E-state index is 0.140. The fourth-order valence-corrected chi connectivity index (χ4v) is 4.30. The molecule has 0 spiro atoms. The monoisotopic (exact) mass is 431 g/mol. The average molecular weight is 432 g/mol. The second-order valence-electron chi connectivity index (χ2n) is 8.04. The van der Waals surface area contributed by atoms with E-state index in [1.165, 1.54) is 0 Å². The van der Waals surface area contributed by atoms with Gasteiger partial charge in [0, 0.05) is 37.3 Å². The molecule has 1 fully saturated rings. The molecule has 1 saturated heterocycles. The van der Waals surface area contributed by atoms with Crippen LogP contribution in [0.15, 0.2) is 49.6 Å². The number of pyridine rings is 1. The SMILES string of the molecule is C=CC(O)N1CCN(c2ncnc3c(Oc4c(C)ccc5[nH]ncc45)nccc23)C[C@H]1C. The lowest BCUT2D eigenvalue weighted by Gasteiger charge is -2.42. The Morgan fingerprint density at radius 2 is 2.09 bits per heavy atom. The van der Waals surface area contributed by atoms with Gasteiger partial charge >= 0.3 is 0 Å². The molecule has 9 nitrogen and oxygen atoms in total. The Labute approximate surface area is 185 Å². The number of nitrogens with zero attached hydrogens (tertiary/aromatic N) is 6. The molecular weight excluding hydrogens is 406 g/mol. The summed E-state index contributed by atoms with van der Waals surface area (Å²) in [6, 6.07) is 6.02. The minimum atomic E-state index is -0.646. The molecule has 3 aromatic heterocycles. The van der Waals surface area contributed by atoms with Gasteiger partial charge in [-0.05, 0) is 37.6 Å². The van der Waals surface area contributed by atoms with Gasteiger partial charge in [-0.3, -0.25) is 10.00 Å². The van der Waals surface area contributed by atoms with Crippen LogP contribution in [0.3, 0.4) is 0 Å². The van der Waals surface area contributed by atoms with Crippen LogP contribution in [0.4, 0.5) is 5.82 Å². The summed E-state index contributed by atoms with van der Waals surface area (Å²) in [7, 11) is 0. The van der Waals surface area contributed by atoms with Crippen LogP contribution in [0.1, 0.15) is 12.5 Å². The quantitative estimate of drug-likeness (QED) is 0.465. The van der Waals surface area contributed by atoms with Crippen LogP contribution in [0, 0.1) is 6.92 Å². The number of hydrogen-bond acceptors (Lipinski definition) is 8. The molecule has 1 unspecified atom stereocenters. The van der Waals surface area contributed by atoms with Crippen molar-refractivity contribution in [2.75, 3.05) is 24.5 Å². The van der Waals surface area contributed by atoms with Crippen molar-refractivity contribution in [2.24, 2.45) is 0 Å². The Balaban J connectivity index is 1.50. The summed E-state index contributed by atoms with van der Waals surface area (Å²) >= 11 is 0. The summed E-state index contributed by atoms with van der Waals surface area (Å²) in [5.74, 6) is 1.97. The summed E-state index contributed by atoms with van der Waals surface area (Å²) in [6.45, 7) is 9.94. The number of aromatic amines is 1. The topological polar surface area (TPSA) is 103 Å². The van der Waals surface area contributed by atoms with Crippen LogP contribution >= 0.6 is 0 Å². The Kier molecular flexibility index (Phi) is 5.20. The Bertz CT molecular complexity index is 1290. The molecule has 32 heavy (non-hydrogen) atoms. The van der Waals surface area contributed by atoms with Crippen molar-refractivity contribution in [3.05, 3.63) is 55.1 Å². The standard InChI is InChI=1S/C23H25N7O2/c1-4-19(31)30-10-9-29(12-15(30)3)22-16-7-8-24-23(20(16)25-13-26-22)32-21-14(2)5-6-18-17(21)11-27-28-18/h4-8,11,13,15,19,31H,1,9-10,12H2,2-3H3,(H,27,28)/t15-,19?/m1/s1. The van der Waals surface area contributed by atoms with Gasteiger partial charge in [0.1, 0.15) is 29.6 Å². The second kappa shape index (κ2) is 8.18. The molecular formula is C23H25N7O2. The molecule has 0 amide bonds. The Hall–Kier alpha value is -3.56. The number of aliphatic hydroxyl groups is 1. The second-order valence-corrected chi connectivity index (χ2v) is 8.04. The van der Waals surface area contributed by atoms with Gasteiger partial charge in [0.2, 0.25) is 5.88 Å². The molecule has 0 radical (unpaired) electrons. The number of aromatic nitrogens is 5. The summed E-state index contributed by atoms with van der Waals surface area (Å²) in [6.07, 6.45) is 5.93. The molecule has 1 aliphatic heterocycles. The van der Waals surface area contributed by atoms with E-state index in [0.29, 0.717) is 23.7 Å². The third-order valence-corrected chi connectivity index (χ3v) is 6.00. The molecule has 1 aromatic carbocycles. The first kappa shape index (κ1) is 20.3. The number of anilines is 1. The third-order valence-electron chi connectivity index (χ3n) is 6.00. The van der Waals surface area contributed by atoms with Crippen molar-refractivity contribution < 1.29 is 9.84 Å². The van der Waals surface area contributed by atoms with Crippen molar-refractivity contribution >= 4 is 27.6 Å². The highest BCUT2D eigenvalue weighted by Crippen LogP contribution is 2.35. The van der Waals surface area contributed by atoms with Crippen LogP contribution in [-0.4, -0.2) is 67.1 Å². The average Bonchev–Trinajstić information content (AvgIpc) is 3.29. The smallest absolute Gasteiger partial charge is 0.246 e. The summed E-state index contributed by atoms with van der Waals surface area (Å²) < 4.78 is 6.29. The maximum atomic E-state index is 10.2. The fraction of sp³-hybridized carbons (Fsp3) is 0.304. The van der Waals surface area contributed by atoms with Gasteiger partial charge in [0.05, 0.1) is 17.1 Å². The zero-order chi connectivity index (χ0) is 22.2. The molecule has 0 saturated carbocycles. The zero-order valence-corrected chi connectivity index (χ0v) is 18.1. The largest absolute Gasteiger partial charge is 0.436 e. The van der Waals surface area contributed by atoms with Gasteiger partial charge in [0.15, 0.2) is 0 Å². The fourth-order valence-electron chi connectivity index (χ4n) is 4.30. The van der Waals surface area contributed by atoms with E-state index in [0.717, 1.165) is 40.8 Å². The number of fused-ring (bicyclic) bond motifs is 2. The van der Waals surface area contributed by atoms with E-state index in [-0.39, 0.29) is 6.04 Å². The van der Waals surface area contributed by atoms with Crippen LogP contribution < -0.4 is 9.64 Å². The summed E-state index contributed by atoms with van der Waals surface area (Å²) in [5.41, 5.74) is 2.53. The molecule has 4 aromatic rings. The molecule has 164 valence electrons. The molecule has 5 rings (SSSR count). The molecule has 0 aliphatic carbocycles. The highest BCUT2D eigenvalue weighted by Gasteiger charge is 2.29. The van der Waals surface area contributed by atoms with Crippen molar-refractivity contribution in [3.8, 4) is 11.6 Å². The number of rotatable bonds is 5. The minimum Gasteiger partial charge on any atom is -0.436 e. The Morgan fingerprint density at radius 3 is 2.91 bits per heavy atom. The molecule has 2 N–H and O–H groups in total. The van der Waals surface area contributed by atoms with Crippen molar-refractivity contribution in [1.82, 2.24) is 30.0 Å². The maximum Gasteiger partial charge on any atom is 0.246 e. The first-order valence-corrected chi connectivity index (χ1v) is 10.6. The van der Waals surface area contributed by atoms with Gasteiger partial charge in [0.25, 0.3) is 0 Å². The number of piperazine rings is 1. The highest BCUT2D eigenvalue weighted by atomic mass is 16.5. The summed E-state index contributed by atoms with van der Waals surface area (Å²) in [5, 5.41) is 19.0. The molecule has 9 heteroatoms. The normalized spacial score (nSPS) is 18.2. The van der Waals surface area contributed by atoms with Gasteiger partial charge < -0.3 is 14.7 Å². The number of H-pyrrole nitrogens is 1. The molecule has 0 bridgehead atoms. The molecule has 2 atom stereocenters. The van der Waals surface area contributed by atoms with Gasteiger partial charge in [-0.2, -0.15) is 5.10 Å². The van der Waals surface area contributed by atoms with E-state index < -0.39 is 6.23 Å². The van der Waals surface area contributed by atoms with Gasteiger partial charge in [-0.25, -0.2) is 15.0 Å². The maximum absolute atomic E-state index is 10.2. The van der Waals surface area contributed by atoms with Gasteiger partial charge in [-0.1, -0.05) is 12.6 Å². The number of hydrogen-bond donors (Lipinski definition) is 2. The predicted octanol–water partition coefficient (Wildman–Crippen LogP) is 3.02. The first-order chi connectivity index (χ1) is 15.6. The van der Waals surface area contributed by atoms with E-state index in [4.69, 9.17) is 4.74 Å². The van der Waals surface area contributed by atoms with Crippen LogP contribution in [-0.2, 0) is 0 Å². The van der Waals surface area contributed by atoms with Crippen LogP contribution in [0.5, 0.6) is 11.6 Å². The van der Waals surface area contributed by atoms with E-state index in [1.807, 2.05) is 30.0 Å². The van der Waals surface area contributed by atoms with E-state index in [9.17, 15) is 5.11 Å². The first-order valence-electron chi connectivity index (χ1n) is 10.6. The number of aryl methyl sites for hydroxylation is 1. The lowest BCUT2D eigenvalue weighted by atomic mass is 10.1. The van der Waals surface area contributed by atoms with Crippen molar-refractivity contribution in [3.63, 3.8) is 0 Å². The zero-order valence-electron chi connectivity index (χ0n) is 18.1. The van der Waals surface area contributed by atoms with E-state index in [2.05, 4.69) is 43.6 Å². The lowest BCUT2D eigenvalue weighted by molar-refractivity contribution is 0.00866. The Morgan fingerprint density at radius 1 is 1.22 bits per heavy atom. The molecule has 4 heterocycles. The molecule has 1 aliphatic rings. The van der Waals surface area contributed by atoms with Gasteiger partial charge in [-0.15, -0.1) is 0 Å². The lowest BCUT2D eigenvalue weighted by Crippen LogP contribution is -2.55. The van der Waals surface area contributed by atoms with Crippen molar-refractivity contribution in [2.45, 2.75) is 26.1 Å². The predicted molar refractivity (Wildman–Crippen MR) is 123 cm³/mol. The third kappa shape index (κ3) is 3.45.